The summed E-state index contributed by atoms with van der Waals surface area (Å²) in [4.78, 5) is 2.67. The molecule has 3 heteroatoms. The summed E-state index contributed by atoms with van der Waals surface area (Å²) in [6.07, 6.45) is 3.62. The maximum absolute atomic E-state index is 9.28. The van der Waals surface area contributed by atoms with Crippen molar-refractivity contribution in [2.24, 2.45) is 0 Å². The first-order valence-corrected chi connectivity index (χ1v) is 6.10. The maximum atomic E-state index is 9.28. The lowest BCUT2D eigenvalue weighted by molar-refractivity contribution is 0.245. The van der Waals surface area contributed by atoms with Gasteiger partial charge in [-0.1, -0.05) is 6.92 Å². The van der Waals surface area contributed by atoms with Crippen LogP contribution >= 0.6 is 11.3 Å². The molecule has 0 saturated heterocycles. The molecule has 0 aliphatic heterocycles. The number of aryl methyl sites for hydroxylation is 1. The molecule has 0 bridgehead atoms. The van der Waals surface area contributed by atoms with Crippen LogP contribution in [0.2, 0.25) is 0 Å². The third kappa shape index (κ3) is 2.35. The summed E-state index contributed by atoms with van der Waals surface area (Å²) in [5, 5.41) is 12.7. The standard InChI is InChI=1S/C11H17NOS/c1-2-9-5-6-11(14-9)10(7-13)12-8-3-4-8/h5-6,8,10,12-13H,2-4,7H2,1H3. The van der Waals surface area contributed by atoms with Gasteiger partial charge in [-0.2, -0.15) is 0 Å². The van der Waals surface area contributed by atoms with E-state index < -0.39 is 0 Å². The molecule has 0 radical (unpaired) electrons. The van der Waals surface area contributed by atoms with Crippen molar-refractivity contribution >= 4 is 11.3 Å². The fourth-order valence-corrected chi connectivity index (χ4v) is 2.54. The van der Waals surface area contributed by atoms with Crippen LogP contribution in [0.25, 0.3) is 0 Å². The number of hydrogen-bond donors (Lipinski definition) is 2. The smallest absolute Gasteiger partial charge is 0.0652 e. The molecular weight excluding hydrogens is 194 g/mol. The Bertz CT molecular complexity index is 293. The van der Waals surface area contributed by atoms with Crippen molar-refractivity contribution in [2.75, 3.05) is 6.61 Å². The van der Waals surface area contributed by atoms with E-state index in [1.165, 1.54) is 22.6 Å². The highest BCUT2D eigenvalue weighted by molar-refractivity contribution is 7.12. The Kier molecular flexibility index (Phi) is 3.21. The van der Waals surface area contributed by atoms with Crippen LogP contribution in [0.4, 0.5) is 0 Å². The van der Waals surface area contributed by atoms with Gasteiger partial charge in [-0.3, -0.25) is 0 Å². The van der Waals surface area contributed by atoms with Crippen LogP contribution in [0.15, 0.2) is 12.1 Å². The van der Waals surface area contributed by atoms with E-state index in [9.17, 15) is 5.11 Å². The summed E-state index contributed by atoms with van der Waals surface area (Å²) in [7, 11) is 0. The van der Waals surface area contributed by atoms with Crippen molar-refractivity contribution in [3.8, 4) is 0 Å². The van der Waals surface area contributed by atoms with Gasteiger partial charge in [0.2, 0.25) is 0 Å². The zero-order valence-electron chi connectivity index (χ0n) is 8.49. The number of rotatable bonds is 5. The summed E-state index contributed by atoms with van der Waals surface area (Å²) in [5.41, 5.74) is 0. The summed E-state index contributed by atoms with van der Waals surface area (Å²) in [6.45, 7) is 2.37. The van der Waals surface area contributed by atoms with Gasteiger partial charge >= 0.3 is 0 Å². The predicted molar refractivity (Wildman–Crippen MR) is 59.7 cm³/mol. The first-order valence-electron chi connectivity index (χ1n) is 5.29. The molecule has 1 saturated carbocycles. The number of hydrogen-bond acceptors (Lipinski definition) is 3. The lowest BCUT2D eigenvalue weighted by atomic mass is 10.2. The monoisotopic (exact) mass is 211 g/mol. The second-order valence-corrected chi connectivity index (χ2v) is 5.03. The molecule has 1 aromatic rings. The molecule has 1 aromatic heterocycles. The second-order valence-electron chi connectivity index (χ2n) is 3.83. The van der Waals surface area contributed by atoms with Crippen LogP contribution < -0.4 is 5.32 Å². The number of aliphatic hydroxyl groups excluding tert-OH is 1. The van der Waals surface area contributed by atoms with Gasteiger partial charge in [0, 0.05) is 15.8 Å². The average Bonchev–Trinajstić information content (AvgIpc) is 2.90. The van der Waals surface area contributed by atoms with E-state index in [1.54, 1.807) is 0 Å². The minimum atomic E-state index is 0.160. The van der Waals surface area contributed by atoms with E-state index in [0.29, 0.717) is 6.04 Å². The van der Waals surface area contributed by atoms with Crippen molar-refractivity contribution in [1.29, 1.82) is 0 Å². The van der Waals surface area contributed by atoms with E-state index in [0.717, 1.165) is 6.42 Å². The molecule has 14 heavy (non-hydrogen) atoms. The molecule has 78 valence electrons. The number of aliphatic hydroxyl groups is 1. The topological polar surface area (TPSA) is 32.3 Å². The molecule has 2 nitrogen and oxygen atoms in total. The van der Waals surface area contributed by atoms with E-state index in [-0.39, 0.29) is 12.6 Å². The van der Waals surface area contributed by atoms with Gasteiger partial charge in [-0.05, 0) is 31.4 Å². The largest absolute Gasteiger partial charge is 0.394 e. The lowest BCUT2D eigenvalue weighted by Crippen LogP contribution is -2.25. The Balaban J connectivity index is 2.01. The van der Waals surface area contributed by atoms with E-state index >= 15 is 0 Å². The molecule has 2 rings (SSSR count). The Morgan fingerprint density at radius 1 is 1.57 bits per heavy atom. The van der Waals surface area contributed by atoms with Crippen LogP contribution in [-0.4, -0.2) is 17.8 Å². The van der Waals surface area contributed by atoms with E-state index in [2.05, 4.69) is 24.4 Å². The molecule has 1 fully saturated rings. The van der Waals surface area contributed by atoms with Crippen molar-refractivity contribution in [3.05, 3.63) is 21.9 Å². The molecule has 0 aromatic carbocycles. The third-order valence-electron chi connectivity index (χ3n) is 2.57. The molecular formula is C11H17NOS. The second kappa shape index (κ2) is 4.43. The fourth-order valence-electron chi connectivity index (χ4n) is 1.53. The van der Waals surface area contributed by atoms with Gasteiger partial charge in [0.1, 0.15) is 0 Å². The van der Waals surface area contributed by atoms with E-state index in [1.807, 2.05) is 11.3 Å². The molecule has 0 amide bonds. The van der Waals surface area contributed by atoms with Gasteiger partial charge in [0.05, 0.1) is 12.6 Å². The van der Waals surface area contributed by atoms with Crippen molar-refractivity contribution in [2.45, 2.75) is 38.3 Å². The van der Waals surface area contributed by atoms with E-state index in [4.69, 9.17) is 0 Å². The van der Waals surface area contributed by atoms with Gasteiger partial charge in [0.15, 0.2) is 0 Å². The highest BCUT2D eigenvalue weighted by atomic mass is 32.1. The third-order valence-corrected chi connectivity index (χ3v) is 3.91. The van der Waals surface area contributed by atoms with Crippen LogP contribution in [0, 0.1) is 0 Å². The lowest BCUT2D eigenvalue weighted by Gasteiger charge is -2.13. The fraction of sp³-hybridized carbons (Fsp3) is 0.636. The SMILES string of the molecule is CCc1ccc(C(CO)NC2CC2)s1. The molecule has 1 heterocycles. The zero-order valence-corrected chi connectivity index (χ0v) is 9.31. The highest BCUT2D eigenvalue weighted by Gasteiger charge is 2.25. The summed E-state index contributed by atoms with van der Waals surface area (Å²) < 4.78 is 0. The van der Waals surface area contributed by atoms with Gasteiger partial charge in [-0.25, -0.2) is 0 Å². The first-order chi connectivity index (χ1) is 6.83. The zero-order chi connectivity index (χ0) is 9.97. The van der Waals surface area contributed by atoms with Crippen molar-refractivity contribution < 1.29 is 5.11 Å². The Hall–Kier alpha value is -0.380. The minimum Gasteiger partial charge on any atom is -0.394 e. The quantitative estimate of drug-likeness (QED) is 0.781. The Morgan fingerprint density at radius 2 is 2.36 bits per heavy atom. The highest BCUT2D eigenvalue weighted by Crippen LogP contribution is 2.28. The van der Waals surface area contributed by atoms with Gasteiger partial charge in [0.25, 0.3) is 0 Å². The molecule has 2 N–H and O–H groups in total. The number of nitrogens with one attached hydrogen (secondary N) is 1. The van der Waals surface area contributed by atoms with Gasteiger partial charge in [-0.15, -0.1) is 11.3 Å². The van der Waals surface area contributed by atoms with Crippen molar-refractivity contribution in [1.82, 2.24) is 5.32 Å². The summed E-state index contributed by atoms with van der Waals surface area (Å²) in [6, 6.07) is 5.11. The number of thiophene rings is 1. The molecule has 1 aliphatic carbocycles. The predicted octanol–water partition coefficient (Wildman–Crippen LogP) is 2.10. The summed E-state index contributed by atoms with van der Waals surface area (Å²) >= 11 is 1.81. The Morgan fingerprint density at radius 3 is 2.86 bits per heavy atom. The maximum Gasteiger partial charge on any atom is 0.0652 e. The summed E-state index contributed by atoms with van der Waals surface area (Å²) in [5.74, 6) is 0. The van der Waals surface area contributed by atoms with Crippen LogP contribution in [-0.2, 0) is 6.42 Å². The molecule has 1 unspecified atom stereocenters. The van der Waals surface area contributed by atoms with Crippen LogP contribution in [0.3, 0.4) is 0 Å². The molecule has 0 spiro atoms. The van der Waals surface area contributed by atoms with Crippen LogP contribution in [0.5, 0.6) is 0 Å². The first kappa shape index (κ1) is 10.1. The normalized spacial score (nSPS) is 18.4. The molecule has 1 aliphatic rings. The minimum absolute atomic E-state index is 0.160. The van der Waals surface area contributed by atoms with Crippen molar-refractivity contribution in [3.63, 3.8) is 0 Å². The average molecular weight is 211 g/mol. The Labute approximate surface area is 89.0 Å². The van der Waals surface area contributed by atoms with Crippen LogP contribution in [0.1, 0.15) is 35.6 Å². The molecule has 1 atom stereocenters. The van der Waals surface area contributed by atoms with Gasteiger partial charge < -0.3 is 10.4 Å².